The molecule has 1 aromatic heterocycles. The topological polar surface area (TPSA) is 82.6 Å². The second-order valence-electron chi connectivity index (χ2n) is 4.09. The number of aliphatic hydroxyl groups is 2. The Hall–Kier alpha value is -0.980. The summed E-state index contributed by atoms with van der Waals surface area (Å²) in [5.41, 5.74) is 0. The molecule has 1 aromatic rings. The molecule has 0 unspecified atom stereocenters. The molecule has 92 valence electrons. The Labute approximate surface area is 94.9 Å². The standard InChI is InChI=1S/C10H19N3O3/c1-7(2)13(4-9(15)6-14)5-10-11-8(3)16-12-10/h7,9,14-15H,4-6H2,1-3H3/t9-/m1/s1. The average molecular weight is 229 g/mol. The minimum atomic E-state index is -0.740. The van der Waals surface area contributed by atoms with E-state index in [0.29, 0.717) is 24.8 Å². The molecule has 0 spiro atoms. The van der Waals surface area contributed by atoms with Gasteiger partial charge in [0.15, 0.2) is 5.82 Å². The van der Waals surface area contributed by atoms with Gasteiger partial charge in [0.1, 0.15) is 0 Å². The molecule has 0 bridgehead atoms. The first-order chi connectivity index (χ1) is 7.52. The third-order valence-electron chi connectivity index (χ3n) is 2.30. The number of aromatic nitrogens is 2. The lowest BCUT2D eigenvalue weighted by Gasteiger charge is -2.26. The van der Waals surface area contributed by atoms with Crippen molar-refractivity contribution in [3.05, 3.63) is 11.7 Å². The minimum absolute atomic E-state index is 0.236. The van der Waals surface area contributed by atoms with Crippen molar-refractivity contribution in [3.63, 3.8) is 0 Å². The van der Waals surface area contributed by atoms with Crippen LogP contribution in [0.1, 0.15) is 25.6 Å². The molecule has 0 aliphatic carbocycles. The van der Waals surface area contributed by atoms with Crippen LogP contribution in [0.5, 0.6) is 0 Å². The Kier molecular flexibility index (Phi) is 4.85. The third kappa shape index (κ3) is 3.88. The van der Waals surface area contributed by atoms with Crippen molar-refractivity contribution in [3.8, 4) is 0 Å². The van der Waals surface area contributed by atoms with Gasteiger partial charge >= 0.3 is 0 Å². The van der Waals surface area contributed by atoms with E-state index < -0.39 is 6.10 Å². The summed E-state index contributed by atoms with van der Waals surface area (Å²) in [5, 5.41) is 22.0. The number of aryl methyl sites for hydroxylation is 1. The summed E-state index contributed by atoms with van der Waals surface area (Å²) >= 11 is 0. The fraction of sp³-hybridized carbons (Fsp3) is 0.800. The van der Waals surface area contributed by atoms with Crippen LogP contribution in [-0.4, -0.2) is 50.6 Å². The van der Waals surface area contributed by atoms with Crippen molar-refractivity contribution < 1.29 is 14.7 Å². The van der Waals surface area contributed by atoms with Crippen molar-refractivity contribution in [2.45, 2.75) is 39.5 Å². The molecule has 0 radical (unpaired) electrons. The number of rotatable bonds is 6. The van der Waals surface area contributed by atoms with Gasteiger partial charge in [-0.15, -0.1) is 0 Å². The number of aliphatic hydroxyl groups excluding tert-OH is 2. The highest BCUT2D eigenvalue weighted by Gasteiger charge is 2.16. The molecule has 6 heteroatoms. The lowest BCUT2D eigenvalue weighted by atomic mass is 10.2. The van der Waals surface area contributed by atoms with Crippen molar-refractivity contribution in [1.29, 1.82) is 0 Å². The average Bonchev–Trinajstić information content (AvgIpc) is 2.62. The van der Waals surface area contributed by atoms with E-state index in [1.807, 2.05) is 18.7 Å². The van der Waals surface area contributed by atoms with E-state index in [2.05, 4.69) is 10.1 Å². The maximum Gasteiger partial charge on any atom is 0.223 e. The molecule has 0 fully saturated rings. The highest BCUT2D eigenvalue weighted by Crippen LogP contribution is 2.06. The Bertz CT molecular complexity index is 314. The molecule has 16 heavy (non-hydrogen) atoms. The van der Waals surface area contributed by atoms with Crippen LogP contribution < -0.4 is 0 Å². The Morgan fingerprint density at radius 1 is 1.44 bits per heavy atom. The smallest absolute Gasteiger partial charge is 0.223 e. The van der Waals surface area contributed by atoms with Gasteiger partial charge in [0.25, 0.3) is 0 Å². The maximum absolute atomic E-state index is 9.40. The molecular weight excluding hydrogens is 210 g/mol. The molecule has 0 saturated heterocycles. The summed E-state index contributed by atoms with van der Waals surface area (Å²) in [5.74, 6) is 1.12. The van der Waals surface area contributed by atoms with E-state index in [1.165, 1.54) is 0 Å². The first-order valence-corrected chi connectivity index (χ1v) is 5.35. The Morgan fingerprint density at radius 3 is 2.56 bits per heavy atom. The molecule has 1 heterocycles. The van der Waals surface area contributed by atoms with Crippen LogP contribution in [0, 0.1) is 6.92 Å². The fourth-order valence-corrected chi connectivity index (χ4v) is 1.37. The quantitative estimate of drug-likeness (QED) is 0.711. The molecule has 6 nitrogen and oxygen atoms in total. The second-order valence-corrected chi connectivity index (χ2v) is 4.09. The predicted molar refractivity (Wildman–Crippen MR) is 57.7 cm³/mol. The molecular formula is C10H19N3O3. The first kappa shape index (κ1) is 13.1. The van der Waals surface area contributed by atoms with E-state index >= 15 is 0 Å². The largest absolute Gasteiger partial charge is 0.394 e. The van der Waals surface area contributed by atoms with Gasteiger partial charge in [-0.2, -0.15) is 4.98 Å². The van der Waals surface area contributed by atoms with Crippen molar-refractivity contribution in [2.24, 2.45) is 0 Å². The van der Waals surface area contributed by atoms with Gasteiger partial charge in [-0.1, -0.05) is 5.16 Å². The van der Waals surface area contributed by atoms with Gasteiger partial charge in [-0.25, -0.2) is 0 Å². The van der Waals surface area contributed by atoms with E-state index in [-0.39, 0.29) is 12.6 Å². The number of hydrogen-bond donors (Lipinski definition) is 2. The zero-order valence-electron chi connectivity index (χ0n) is 9.92. The summed E-state index contributed by atoms with van der Waals surface area (Å²) in [6.07, 6.45) is -0.740. The number of hydrogen-bond acceptors (Lipinski definition) is 6. The zero-order valence-corrected chi connectivity index (χ0v) is 9.92. The summed E-state index contributed by atoms with van der Waals surface area (Å²) in [4.78, 5) is 6.08. The molecule has 0 amide bonds. The van der Waals surface area contributed by atoms with Crippen molar-refractivity contribution in [2.75, 3.05) is 13.2 Å². The van der Waals surface area contributed by atoms with E-state index in [9.17, 15) is 5.11 Å². The maximum atomic E-state index is 9.40. The Balaban J connectivity index is 2.57. The normalized spacial score (nSPS) is 13.7. The molecule has 0 aliphatic rings. The van der Waals surface area contributed by atoms with Gasteiger partial charge in [0, 0.05) is 19.5 Å². The van der Waals surface area contributed by atoms with Gasteiger partial charge in [0.2, 0.25) is 5.89 Å². The van der Waals surface area contributed by atoms with Gasteiger partial charge in [-0.3, -0.25) is 4.90 Å². The highest BCUT2D eigenvalue weighted by atomic mass is 16.5. The van der Waals surface area contributed by atoms with Crippen LogP contribution in [0.3, 0.4) is 0 Å². The summed E-state index contributed by atoms with van der Waals surface area (Å²) in [6.45, 7) is 6.41. The lowest BCUT2D eigenvalue weighted by molar-refractivity contribution is 0.0452. The fourth-order valence-electron chi connectivity index (χ4n) is 1.37. The molecule has 0 saturated carbocycles. The molecule has 0 aromatic carbocycles. The van der Waals surface area contributed by atoms with Crippen LogP contribution in [0.25, 0.3) is 0 Å². The molecule has 1 rings (SSSR count). The SMILES string of the molecule is Cc1nc(CN(C[C@@H](O)CO)C(C)C)no1. The van der Waals surface area contributed by atoms with E-state index in [1.54, 1.807) is 6.92 Å². The summed E-state index contributed by atoms with van der Waals surface area (Å²) in [6, 6.07) is 0.236. The monoisotopic (exact) mass is 229 g/mol. The number of nitrogens with zero attached hydrogens (tertiary/aromatic N) is 3. The highest BCUT2D eigenvalue weighted by molar-refractivity contribution is 4.85. The first-order valence-electron chi connectivity index (χ1n) is 5.35. The molecule has 2 N–H and O–H groups in total. The molecule has 1 atom stereocenters. The van der Waals surface area contributed by atoms with Crippen LogP contribution >= 0.6 is 0 Å². The predicted octanol–water partition coefficient (Wildman–Crippen LogP) is -0.0584. The van der Waals surface area contributed by atoms with Gasteiger partial charge in [0.05, 0.1) is 19.3 Å². The van der Waals surface area contributed by atoms with Crippen LogP contribution in [0.2, 0.25) is 0 Å². The van der Waals surface area contributed by atoms with Crippen LogP contribution in [-0.2, 0) is 6.54 Å². The Morgan fingerprint density at radius 2 is 2.12 bits per heavy atom. The van der Waals surface area contributed by atoms with Gasteiger partial charge in [-0.05, 0) is 13.8 Å². The van der Waals surface area contributed by atoms with Crippen molar-refractivity contribution >= 4 is 0 Å². The molecule has 0 aliphatic heterocycles. The lowest BCUT2D eigenvalue weighted by Crippen LogP contribution is -2.38. The zero-order chi connectivity index (χ0) is 12.1. The summed E-state index contributed by atoms with van der Waals surface area (Å²) < 4.78 is 4.88. The third-order valence-corrected chi connectivity index (χ3v) is 2.30. The van der Waals surface area contributed by atoms with Crippen LogP contribution in [0.4, 0.5) is 0 Å². The van der Waals surface area contributed by atoms with E-state index in [0.717, 1.165) is 0 Å². The van der Waals surface area contributed by atoms with Gasteiger partial charge < -0.3 is 14.7 Å². The second kappa shape index (κ2) is 5.93. The van der Waals surface area contributed by atoms with E-state index in [4.69, 9.17) is 9.63 Å². The summed E-state index contributed by atoms with van der Waals surface area (Å²) in [7, 11) is 0. The van der Waals surface area contributed by atoms with Crippen molar-refractivity contribution in [1.82, 2.24) is 15.0 Å². The minimum Gasteiger partial charge on any atom is -0.394 e. The van der Waals surface area contributed by atoms with Crippen LogP contribution in [0.15, 0.2) is 4.52 Å².